The van der Waals surface area contributed by atoms with Crippen LogP contribution in [-0.2, 0) is 20.1 Å². The number of imidazole rings is 1. The number of aromatic nitrogens is 4. The Bertz CT molecular complexity index is 528. The van der Waals surface area contributed by atoms with E-state index in [1.165, 1.54) is 12.8 Å². The quantitative estimate of drug-likeness (QED) is 0.797. The SMILES string of the molecule is CN(Cc1nc(C2CC2)no1)Cc1nccn1C. The average Bonchev–Trinajstić information content (AvgIpc) is 2.97. The molecule has 2 aromatic heterocycles. The summed E-state index contributed by atoms with van der Waals surface area (Å²) in [6.07, 6.45) is 6.15. The average molecular weight is 247 g/mol. The molecule has 0 amide bonds. The number of hydrogen-bond acceptors (Lipinski definition) is 5. The fraction of sp³-hybridized carbons (Fsp3) is 0.583. The third-order valence-electron chi connectivity index (χ3n) is 3.16. The first-order chi connectivity index (χ1) is 8.72. The minimum atomic E-state index is 0.544. The van der Waals surface area contributed by atoms with Crippen molar-refractivity contribution in [3.63, 3.8) is 0 Å². The molecule has 0 radical (unpaired) electrons. The largest absolute Gasteiger partial charge is 0.338 e. The fourth-order valence-corrected chi connectivity index (χ4v) is 1.92. The van der Waals surface area contributed by atoms with Gasteiger partial charge in [-0.05, 0) is 19.9 Å². The van der Waals surface area contributed by atoms with Crippen LogP contribution in [0.25, 0.3) is 0 Å². The van der Waals surface area contributed by atoms with Gasteiger partial charge in [-0.3, -0.25) is 4.90 Å². The van der Waals surface area contributed by atoms with Crippen LogP contribution in [0, 0.1) is 0 Å². The molecule has 6 heteroatoms. The van der Waals surface area contributed by atoms with Gasteiger partial charge in [0.05, 0.1) is 13.1 Å². The summed E-state index contributed by atoms with van der Waals surface area (Å²) in [5, 5.41) is 4.01. The van der Waals surface area contributed by atoms with Crippen molar-refractivity contribution in [1.82, 2.24) is 24.6 Å². The van der Waals surface area contributed by atoms with Gasteiger partial charge >= 0.3 is 0 Å². The van der Waals surface area contributed by atoms with E-state index in [2.05, 4.69) is 20.0 Å². The molecule has 0 saturated heterocycles. The molecule has 0 unspecified atom stereocenters. The first-order valence-corrected chi connectivity index (χ1v) is 6.19. The van der Waals surface area contributed by atoms with E-state index < -0.39 is 0 Å². The summed E-state index contributed by atoms with van der Waals surface area (Å²) in [5.41, 5.74) is 0. The van der Waals surface area contributed by atoms with E-state index in [1.807, 2.05) is 24.9 Å². The van der Waals surface area contributed by atoms with Gasteiger partial charge in [0.1, 0.15) is 5.82 Å². The Balaban J connectivity index is 1.59. The summed E-state index contributed by atoms with van der Waals surface area (Å²) in [6, 6.07) is 0. The van der Waals surface area contributed by atoms with Crippen molar-refractivity contribution in [2.45, 2.75) is 31.8 Å². The maximum atomic E-state index is 5.26. The van der Waals surface area contributed by atoms with Crippen molar-refractivity contribution in [3.05, 3.63) is 29.9 Å². The van der Waals surface area contributed by atoms with Crippen molar-refractivity contribution in [3.8, 4) is 0 Å². The Kier molecular flexibility index (Phi) is 2.87. The molecule has 6 nitrogen and oxygen atoms in total. The van der Waals surface area contributed by atoms with Gasteiger partial charge in [0.2, 0.25) is 5.89 Å². The molecule has 96 valence electrons. The van der Waals surface area contributed by atoms with Crippen molar-refractivity contribution < 1.29 is 4.52 Å². The third kappa shape index (κ3) is 2.43. The van der Waals surface area contributed by atoms with Gasteiger partial charge in [0, 0.05) is 25.4 Å². The lowest BCUT2D eigenvalue weighted by atomic mass is 10.4. The monoisotopic (exact) mass is 247 g/mol. The van der Waals surface area contributed by atoms with Gasteiger partial charge in [-0.2, -0.15) is 4.98 Å². The van der Waals surface area contributed by atoms with E-state index in [1.54, 1.807) is 6.20 Å². The van der Waals surface area contributed by atoms with Crippen LogP contribution in [0.1, 0.15) is 36.3 Å². The highest BCUT2D eigenvalue weighted by Crippen LogP contribution is 2.38. The van der Waals surface area contributed by atoms with Crippen LogP contribution in [-0.4, -0.2) is 31.6 Å². The maximum Gasteiger partial charge on any atom is 0.240 e. The molecule has 2 heterocycles. The van der Waals surface area contributed by atoms with Gasteiger partial charge in [-0.15, -0.1) is 0 Å². The fourth-order valence-electron chi connectivity index (χ4n) is 1.92. The Labute approximate surface area is 106 Å². The highest BCUT2D eigenvalue weighted by molar-refractivity contribution is 5.03. The molecule has 1 fully saturated rings. The summed E-state index contributed by atoms with van der Waals surface area (Å²) >= 11 is 0. The van der Waals surface area contributed by atoms with Gasteiger partial charge < -0.3 is 9.09 Å². The minimum Gasteiger partial charge on any atom is -0.338 e. The van der Waals surface area contributed by atoms with Crippen LogP contribution in [0.3, 0.4) is 0 Å². The molecular weight excluding hydrogens is 230 g/mol. The van der Waals surface area contributed by atoms with Gasteiger partial charge in [0.25, 0.3) is 0 Å². The lowest BCUT2D eigenvalue weighted by molar-refractivity contribution is 0.253. The van der Waals surface area contributed by atoms with Crippen LogP contribution in [0.2, 0.25) is 0 Å². The molecule has 2 aromatic rings. The summed E-state index contributed by atoms with van der Waals surface area (Å²) in [6.45, 7) is 1.43. The predicted octanol–water partition coefficient (Wildman–Crippen LogP) is 1.31. The van der Waals surface area contributed by atoms with E-state index in [-0.39, 0.29) is 0 Å². The molecule has 0 spiro atoms. The smallest absolute Gasteiger partial charge is 0.240 e. The molecule has 0 aromatic carbocycles. The summed E-state index contributed by atoms with van der Waals surface area (Å²) in [7, 11) is 4.02. The highest BCUT2D eigenvalue weighted by Gasteiger charge is 2.28. The summed E-state index contributed by atoms with van der Waals surface area (Å²) < 4.78 is 7.27. The molecule has 3 rings (SSSR count). The molecule has 0 aliphatic heterocycles. The van der Waals surface area contributed by atoms with Crippen LogP contribution >= 0.6 is 0 Å². The zero-order valence-electron chi connectivity index (χ0n) is 10.7. The topological polar surface area (TPSA) is 60.0 Å². The highest BCUT2D eigenvalue weighted by atomic mass is 16.5. The van der Waals surface area contributed by atoms with Crippen molar-refractivity contribution in [1.29, 1.82) is 0 Å². The number of hydrogen-bond donors (Lipinski definition) is 0. The Morgan fingerprint density at radius 2 is 2.28 bits per heavy atom. The predicted molar refractivity (Wildman–Crippen MR) is 64.7 cm³/mol. The molecule has 18 heavy (non-hydrogen) atoms. The molecule has 1 saturated carbocycles. The molecule has 0 bridgehead atoms. The summed E-state index contributed by atoms with van der Waals surface area (Å²) in [5.74, 6) is 3.13. The van der Waals surface area contributed by atoms with Gasteiger partial charge in [-0.25, -0.2) is 4.98 Å². The van der Waals surface area contributed by atoms with Crippen LogP contribution < -0.4 is 0 Å². The molecule has 1 aliphatic carbocycles. The van der Waals surface area contributed by atoms with Crippen LogP contribution in [0.15, 0.2) is 16.9 Å². The van der Waals surface area contributed by atoms with Gasteiger partial charge in [-0.1, -0.05) is 5.16 Å². The van der Waals surface area contributed by atoms with Crippen molar-refractivity contribution in [2.24, 2.45) is 7.05 Å². The van der Waals surface area contributed by atoms with Crippen LogP contribution in [0.4, 0.5) is 0 Å². The Morgan fingerprint density at radius 1 is 1.44 bits per heavy atom. The maximum absolute atomic E-state index is 5.26. The first kappa shape index (κ1) is 11.4. The standard InChI is InChI=1S/C12H17N5O/c1-16(7-10-13-5-6-17(10)2)8-11-14-12(15-18-11)9-3-4-9/h5-6,9H,3-4,7-8H2,1-2H3. The second-order valence-corrected chi connectivity index (χ2v) is 4.95. The normalized spacial score (nSPS) is 15.5. The third-order valence-corrected chi connectivity index (χ3v) is 3.16. The van der Waals surface area contributed by atoms with Gasteiger partial charge in [0.15, 0.2) is 5.82 Å². The second-order valence-electron chi connectivity index (χ2n) is 4.95. The lowest BCUT2D eigenvalue weighted by Crippen LogP contribution is -2.19. The van der Waals surface area contributed by atoms with Crippen molar-refractivity contribution >= 4 is 0 Å². The minimum absolute atomic E-state index is 0.544. The Morgan fingerprint density at radius 3 is 2.94 bits per heavy atom. The van der Waals surface area contributed by atoms with Crippen molar-refractivity contribution in [2.75, 3.05) is 7.05 Å². The molecular formula is C12H17N5O. The van der Waals surface area contributed by atoms with Crippen LogP contribution in [0.5, 0.6) is 0 Å². The number of nitrogens with zero attached hydrogens (tertiary/aromatic N) is 5. The zero-order valence-corrected chi connectivity index (χ0v) is 10.7. The second kappa shape index (κ2) is 4.53. The number of aryl methyl sites for hydroxylation is 1. The number of rotatable bonds is 5. The summed E-state index contributed by atoms with van der Waals surface area (Å²) in [4.78, 5) is 10.8. The van der Waals surface area contributed by atoms with E-state index in [9.17, 15) is 0 Å². The van der Waals surface area contributed by atoms with E-state index >= 15 is 0 Å². The molecule has 1 aliphatic rings. The van der Waals surface area contributed by atoms with E-state index in [4.69, 9.17) is 4.52 Å². The molecule has 0 atom stereocenters. The zero-order chi connectivity index (χ0) is 12.5. The Hall–Kier alpha value is -1.69. The first-order valence-electron chi connectivity index (χ1n) is 6.19. The van der Waals surface area contributed by atoms with E-state index in [0.29, 0.717) is 18.4 Å². The lowest BCUT2D eigenvalue weighted by Gasteiger charge is -2.13. The van der Waals surface area contributed by atoms with E-state index in [0.717, 1.165) is 18.2 Å². The molecule has 0 N–H and O–H groups in total.